The number of fused-ring (bicyclic) bond motifs is 1. The van der Waals surface area contributed by atoms with E-state index in [1.54, 1.807) is 43.3 Å². The van der Waals surface area contributed by atoms with Gasteiger partial charge in [-0.15, -0.1) is 0 Å². The first-order valence-corrected chi connectivity index (χ1v) is 9.86. The molecule has 3 rings (SSSR count). The Kier molecular flexibility index (Phi) is 6.30. The van der Waals surface area contributed by atoms with E-state index in [9.17, 15) is 14.4 Å². The van der Waals surface area contributed by atoms with Crippen molar-refractivity contribution in [3.05, 3.63) is 75.7 Å². The Morgan fingerprint density at radius 3 is 2.23 bits per heavy atom. The first-order chi connectivity index (χ1) is 14.3. The first kappa shape index (κ1) is 21.2. The molecule has 2 amide bonds. The van der Waals surface area contributed by atoms with E-state index in [2.05, 4.69) is 5.10 Å². The lowest BCUT2D eigenvalue weighted by Gasteiger charge is -2.21. The number of hydrogen-bond acceptors (Lipinski definition) is 4. The van der Waals surface area contributed by atoms with Crippen molar-refractivity contribution in [3.8, 4) is 0 Å². The molecule has 156 valence electrons. The molecular formula is C23H26N4O3. The topological polar surface area (TPSA) is 75.5 Å². The van der Waals surface area contributed by atoms with Crippen LogP contribution in [0.3, 0.4) is 0 Å². The van der Waals surface area contributed by atoms with Gasteiger partial charge < -0.3 is 9.80 Å². The van der Waals surface area contributed by atoms with Gasteiger partial charge >= 0.3 is 0 Å². The molecule has 1 heterocycles. The third-order valence-electron chi connectivity index (χ3n) is 5.05. The minimum Gasteiger partial charge on any atom is -0.345 e. The van der Waals surface area contributed by atoms with Crippen molar-refractivity contribution < 1.29 is 9.59 Å². The minimum absolute atomic E-state index is 0.0675. The first-order valence-electron chi connectivity index (χ1n) is 9.86. The molecule has 0 aliphatic rings. The maximum absolute atomic E-state index is 12.9. The Morgan fingerprint density at radius 2 is 1.63 bits per heavy atom. The molecule has 0 atom stereocenters. The summed E-state index contributed by atoms with van der Waals surface area (Å²) in [6, 6.07) is 14.5. The number of nitrogens with zero attached hydrogens (tertiary/aromatic N) is 4. The molecule has 0 bridgehead atoms. The number of amides is 2. The average Bonchev–Trinajstić information content (AvgIpc) is 2.75. The summed E-state index contributed by atoms with van der Waals surface area (Å²) in [6.45, 7) is 4.50. The second kappa shape index (κ2) is 8.90. The number of benzene rings is 2. The van der Waals surface area contributed by atoms with Crippen LogP contribution in [-0.4, -0.2) is 52.0 Å². The lowest BCUT2D eigenvalue weighted by atomic mass is 10.1. The van der Waals surface area contributed by atoms with E-state index in [0.717, 1.165) is 10.9 Å². The molecule has 0 aliphatic carbocycles. The Bertz CT molecular complexity index is 1130. The number of likely N-dealkylation sites (N-methyl/N-ethyl adjacent to an activating group) is 1. The molecule has 0 aliphatic heterocycles. The zero-order valence-corrected chi connectivity index (χ0v) is 17.8. The van der Waals surface area contributed by atoms with Crippen LogP contribution >= 0.6 is 0 Å². The molecule has 1 aromatic heterocycles. The van der Waals surface area contributed by atoms with Crippen LogP contribution in [-0.2, 0) is 17.9 Å². The molecule has 30 heavy (non-hydrogen) atoms. The zero-order valence-electron chi connectivity index (χ0n) is 17.8. The van der Waals surface area contributed by atoms with Crippen molar-refractivity contribution in [3.63, 3.8) is 0 Å². The van der Waals surface area contributed by atoms with Gasteiger partial charge in [-0.1, -0.05) is 30.3 Å². The number of carbonyl (C=O) groups excluding carboxylic acids is 2. The van der Waals surface area contributed by atoms with Crippen LogP contribution in [0, 0.1) is 6.92 Å². The van der Waals surface area contributed by atoms with E-state index in [-0.39, 0.29) is 23.9 Å². The lowest BCUT2D eigenvalue weighted by Crippen LogP contribution is -2.37. The van der Waals surface area contributed by atoms with Gasteiger partial charge in [-0.05, 0) is 37.6 Å². The summed E-state index contributed by atoms with van der Waals surface area (Å²) in [5, 5.41) is 5.68. The zero-order chi connectivity index (χ0) is 21.8. The van der Waals surface area contributed by atoms with Crippen LogP contribution in [0.1, 0.15) is 28.5 Å². The predicted molar refractivity (Wildman–Crippen MR) is 116 cm³/mol. The van der Waals surface area contributed by atoms with Gasteiger partial charge in [-0.3, -0.25) is 14.4 Å². The number of carbonyl (C=O) groups is 2. The lowest BCUT2D eigenvalue weighted by molar-refractivity contribution is -0.132. The summed E-state index contributed by atoms with van der Waals surface area (Å²) in [4.78, 5) is 40.8. The van der Waals surface area contributed by atoms with Gasteiger partial charge in [0.2, 0.25) is 5.91 Å². The summed E-state index contributed by atoms with van der Waals surface area (Å²) >= 11 is 0. The minimum atomic E-state index is -0.271. The van der Waals surface area contributed by atoms with E-state index in [0.29, 0.717) is 29.7 Å². The van der Waals surface area contributed by atoms with Crippen LogP contribution < -0.4 is 5.56 Å². The van der Waals surface area contributed by atoms with Crippen LogP contribution in [0.4, 0.5) is 0 Å². The van der Waals surface area contributed by atoms with Crippen LogP contribution in [0.2, 0.25) is 0 Å². The average molecular weight is 406 g/mol. The molecule has 0 radical (unpaired) electrons. The number of aromatic nitrogens is 2. The number of rotatable bonds is 6. The van der Waals surface area contributed by atoms with Crippen LogP contribution in [0.5, 0.6) is 0 Å². The maximum Gasteiger partial charge on any atom is 0.275 e. The highest BCUT2D eigenvalue weighted by molar-refractivity contribution is 5.93. The molecule has 3 aromatic rings. The summed E-state index contributed by atoms with van der Waals surface area (Å²) in [5.74, 6) is -0.252. The summed E-state index contributed by atoms with van der Waals surface area (Å²) in [7, 11) is 3.41. The van der Waals surface area contributed by atoms with Gasteiger partial charge in [0.25, 0.3) is 11.5 Å². The standard InChI is InChI=1S/C23H26N4O3/c1-5-26(14-17-10-12-18(13-11-17)22(29)25(3)4)21(28)15-27-23(30)20-9-7-6-8-19(20)16(2)24-27/h6-13H,5,14-15H2,1-4H3. The van der Waals surface area contributed by atoms with Gasteiger partial charge in [-0.2, -0.15) is 5.10 Å². The number of aryl methyl sites for hydroxylation is 1. The summed E-state index contributed by atoms with van der Waals surface area (Å²) in [5.41, 5.74) is 1.95. The molecule has 7 heteroatoms. The monoisotopic (exact) mass is 406 g/mol. The highest BCUT2D eigenvalue weighted by Gasteiger charge is 2.16. The van der Waals surface area contributed by atoms with E-state index >= 15 is 0 Å². The predicted octanol–water partition coefficient (Wildman–Crippen LogP) is 2.46. The third-order valence-corrected chi connectivity index (χ3v) is 5.05. The van der Waals surface area contributed by atoms with Gasteiger partial charge in [0, 0.05) is 38.1 Å². The Balaban J connectivity index is 1.77. The molecule has 2 aromatic carbocycles. The van der Waals surface area contributed by atoms with Crippen molar-refractivity contribution in [2.45, 2.75) is 26.9 Å². The van der Waals surface area contributed by atoms with Crippen molar-refractivity contribution >= 4 is 22.6 Å². The molecular weight excluding hydrogens is 380 g/mol. The molecule has 0 saturated carbocycles. The van der Waals surface area contributed by atoms with Crippen molar-refractivity contribution in [1.29, 1.82) is 0 Å². The SMILES string of the molecule is CCN(Cc1ccc(C(=O)N(C)C)cc1)C(=O)Cn1nc(C)c2ccccc2c1=O. The Labute approximate surface area is 175 Å². The van der Waals surface area contributed by atoms with E-state index < -0.39 is 0 Å². The normalized spacial score (nSPS) is 10.8. The van der Waals surface area contributed by atoms with Crippen molar-refractivity contribution in [2.75, 3.05) is 20.6 Å². The fourth-order valence-corrected chi connectivity index (χ4v) is 3.35. The van der Waals surface area contributed by atoms with E-state index in [1.807, 2.05) is 38.1 Å². The quantitative estimate of drug-likeness (QED) is 0.630. The van der Waals surface area contributed by atoms with Crippen LogP contribution in [0.15, 0.2) is 53.3 Å². The van der Waals surface area contributed by atoms with Crippen molar-refractivity contribution in [2.24, 2.45) is 0 Å². The third kappa shape index (κ3) is 4.40. The molecule has 7 nitrogen and oxygen atoms in total. The molecule has 0 fully saturated rings. The van der Waals surface area contributed by atoms with Gasteiger partial charge in [0.15, 0.2) is 0 Å². The fourth-order valence-electron chi connectivity index (χ4n) is 3.35. The Hall–Kier alpha value is -3.48. The number of hydrogen-bond donors (Lipinski definition) is 0. The molecule has 0 N–H and O–H groups in total. The molecule has 0 spiro atoms. The smallest absolute Gasteiger partial charge is 0.275 e. The van der Waals surface area contributed by atoms with E-state index in [4.69, 9.17) is 0 Å². The highest BCUT2D eigenvalue weighted by Crippen LogP contribution is 2.13. The largest absolute Gasteiger partial charge is 0.345 e. The Morgan fingerprint density at radius 1 is 1.00 bits per heavy atom. The van der Waals surface area contributed by atoms with Gasteiger partial charge in [0.05, 0.1) is 11.1 Å². The van der Waals surface area contributed by atoms with Gasteiger partial charge in [0.1, 0.15) is 6.54 Å². The van der Waals surface area contributed by atoms with Gasteiger partial charge in [-0.25, -0.2) is 4.68 Å². The highest BCUT2D eigenvalue weighted by atomic mass is 16.2. The second-order valence-corrected chi connectivity index (χ2v) is 7.40. The molecule has 0 saturated heterocycles. The summed E-state index contributed by atoms with van der Waals surface area (Å²) in [6.07, 6.45) is 0. The fraction of sp³-hybridized carbons (Fsp3) is 0.304. The maximum atomic E-state index is 12.9. The van der Waals surface area contributed by atoms with Crippen LogP contribution in [0.25, 0.3) is 10.8 Å². The summed E-state index contributed by atoms with van der Waals surface area (Å²) < 4.78 is 1.24. The molecule has 0 unspecified atom stereocenters. The second-order valence-electron chi connectivity index (χ2n) is 7.40. The van der Waals surface area contributed by atoms with E-state index in [1.165, 1.54) is 9.58 Å². The van der Waals surface area contributed by atoms with Crippen molar-refractivity contribution in [1.82, 2.24) is 19.6 Å².